The molecule has 0 fully saturated rings. The molecule has 1 unspecified atom stereocenters. The molecule has 8 aromatic rings. The van der Waals surface area contributed by atoms with Crippen LogP contribution in [0.5, 0.6) is 0 Å². The highest BCUT2D eigenvalue weighted by Crippen LogP contribution is 2.45. The number of aromatic amines is 1. The Morgan fingerprint density at radius 3 is 1.65 bits per heavy atom. The van der Waals surface area contributed by atoms with Crippen LogP contribution in [0.4, 0.5) is 28.9 Å². The second-order valence-electron chi connectivity index (χ2n) is 20.3. The maximum atomic E-state index is 15.1. The van der Waals surface area contributed by atoms with Crippen LogP contribution < -0.4 is 9.44 Å². The van der Waals surface area contributed by atoms with Crippen molar-refractivity contribution in [1.29, 1.82) is 0 Å². The summed E-state index contributed by atoms with van der Waals surface area (Å²) in [6.45, 7) is 17.2. The maximum Gasteiger partial charge on any atom is 0.232 e. The number of benzene rings is 2. The Bertz CT molecular complexity index is 3520. The second kappa shape index (κ2) is 24.9. The highest BCUT2D eigenvalue weighted by atomic mass is 32.2. The Hall–Kier alpha value is -6.48. The maximum absolute atomic E-state index is 15.1. The van der Waals surface area contributed by atoms with Crippen molar-refractivity contribution in [3.05, 3.63) is 178 Å². The molecule has 1 atom stereocenters. The summed E-state index contributed by atoms with van der Waals surface area (Å²) in [6.07, 6.45) is 12.0. The number of hydrogen-bond donors (Lipinski definition) is 4. The molecule has 0 spiro atoms. The van der Waals surface area contributed by atoms with Crippen molar-refractivity contribution in [3.63, 3.8) is 0 Å². The number of fused-ring (bicyclic) bond motifs is 2. The van der Waals surface area contributed by atoms with Crippen LogP contribution in [0.25, 0.3) is 22.1 Å². The summed E-state index contributed by atoms with van der Waals surface area (Å²) in [5, 5.41) is 13.6. The number of nitrogens with one attached hydrogen (secondary N) is 3. The smallest absolute Gasteiger partial charge is 0.232 e. The van der Waals surface area contributed by atoms with E-state index in [1.165, 1.54) is 0 Å². The first-order chi connectivity index (χ1) is 36.6. The highest BCUT2D eigenvalue weighted by Gasteiger charge is 2.46. The van der Waals surface area contributed by atoms with E-state index in [-0.39, 0.29) is 53.3 Å². The zero-order valence-corrected chi connectivity index (χ0v) is 47.3. The number of pyridine rings is 4. The van der Waals surface area contributed by atoms with E-state index >= 15 is 4.39 Å². The van der Waals surface area contributed by atoms with Crippen LogP contribution in [0.2, 0.25) is 16.6 Å². The predicted molar refractivity (Wildman–Crippen MR) is 301 cm³/mol. The van der Waals surface area contributed by atoms with Gasteiger partial charge in [0.2, 0.25) is 20.0 Å². The summed E-state index contributed by atoms with van der Waals surface area (Å²) in [4.78, 5) is 21.2. The van der Waals surface area contributed by atoms with Gasteiger partial charge in [-0.2, -0.15) is 0 Å². The van der Waals surface area contributed by atoms with Gasteiger partial charge < -0.3 is 14.3 Å². The Kier molecular flexibility index (Phi) is 18.8. The molecule has 6 heterocycles. The first-order valence-electron chi connectivity index (χ1n) is 26.0. The monoisotopic (exact) mass is 1110 g/mol. The molecule has 4 N–H and O–H groups in total. The number of rotatable bonds is 22. The average Bonchev–Trinajstić information content (AvgIpc) is 4.00. The van der Waals surface area contributed by atoms with Gasteiger partial charge in [-0.05, 0) is 127 Å². The third-order valence-electron chi connectivity index (χ3n) is 14.2. The minimum atomic E-state index is -3.73. The number of H-pyrrole nitrogens is 1. The minimum absolute atomic E-state index is 0.0125. The third-order valence-corrected chi connectivity index (χ3v) is 23.9. The summed E-state index contributed by atoms with van der Waals surface area (Å²) >= 11 is 0. The van der Waals surface area contributed by atoms with E-state index < -0.39 is 57.7 Å². The van der Waals surface area contributed by atoms with Crippen molar-refractivity contribution < 1.29 is 39.5 Å². The van der Waals surface area contributed by atoms with Crippen LogP contribution >= 0.6 is 0 Å². The van der Waals surface area contributed by atoms with Gasteiger partial charge in [-0.25, -0.2) is 44.4 Å². The Morgan fingerprint density at radius 2 is 1.16 bits per heavy atom. The van der Waals surface area contributed by atoms with E-state index in [9.17, 15) is 35.1 Å². The molecule has 0 saturated heterocycles. The number of aliphatic hydroxyl groups is 1. The molecule has 0 aliphatic rings. The van der Waals surface area contributed by atoms with Crippen molar-refractivity contribution in [1.82, 2.24) is 29.2 Å². The number of halogens is 4. The number of hydrogen-bond acceptors (Lipinski definition) is 9. The Balaban J connectivity index is 0.000000233. The number of nitrogens with zero attached hydrogens (tertiary/aromatic N) is 5. The van der Waals surface area contributed by atoms with Crippen LogP contribution in [-0.4, -0.2) is 70.8 Å². The van der Waals surface area contributed by atoms with E-state index in [0.717, 1.165) is 63.0 Å². The number of aliphatic hydroxyl groups excluding tert-OH is 1. The molecule has 13 nitrogen and oxygen atoms in total. The number of sulfonamides is 2. The fourth-order valence-electron chi connectivity index (χ4n) is 10.7. The standard InChI is InChI=1S/C33H44F2N4O3SSi.C24H24F2N4O2S/c1-8-18-43(41,42)38-30-16-15-29(34)27(31(30)35)14-13-25-12-11-24(19-37-25)32(40)28-20-39(33-26(28)10-9-17-36-33)44(21(2)3,22(4)5)23(6)7;1-2-12-33(31,32)30-22-10-9-21(25)20(23(22)26)8-7-18-6-5-16(14-28-18)13-17-15-29-24-19(17)4-3-11-27-24/h9-12,15-17,19-23,32,38,40H,8,13-14,18H2,1-7H3;3-6,9-11,14-15,30H,2,7-8,12-13H2,1H3,(H,27,29). The molecule has 20 heteroatoms. The summed E-state index contributed by atoms with van der Waals surface area (Å²) in [7, 11) is -9.55. The molecule has 0 aliphatic heterocycles. The number of aromatic nitrogens is 6. The first-order valence-corrected chi connectivity index (χ1v) is 31.5. The van der Waals surface area contributed by atoms with Crippen LogP contribution in [0.1, 0.15) is 119 Å². The van der Waals surface area contributed by atoms with Crippen molar-refractivity contribution in [2.75, 3.05) is 20.9 Å². The van der Waals surface area contributed by atoms with Crippen LogP contribution in [0.15, 0.2) is 110 Å². The van der Waals surface area contributed by atoms with Crippen LogP contribution in [0.3, 0.4) is 0 Å². The topological polar surface area (TPSA) is 185 Å². The fraction of sp³-hybridized carbons (Fsp3) is 0.368. The molecule has 0 radical (unpaired) electrons. The quantitative estimate of drug-likeness (QED) is 0.0379. The fourth-order valence-corrected chi connectivity index (χ4v) is 19.6. The van der Waals surface area contributed by atoms with E-state index in [0.29, 0.717) is 59.3 Å². The van der Waals surface area contributed by atoms with Gasteiger partial charge >= 0.3 is 0 Å². The van der Waals surface area contributed by atoms with Gasteiger partial charge in [0.05, 0.1) is 22.9 Å². The SMILES string of the molecule is CCCS(=O)(=O)Nc1ccc(F)c(CCc2ccc(C(O)c3cn([Si](C(C)C)(C(C)C)C(C)C)c4ncccc34)cn2)c1F.CCCS(=O)(=O)Nc1ccc(F)c(CCc2ccc(Cc3c[nH]c4ncccc34)cn2)c1F. The molecular weight excluding hydrogens is 1040 g/mol. The average molecular weight is 1110 g/mol. The largest absolute Gasteiger partial charge is 0.384 e. The molecule has 0 bridgehead atoms. The van der Waals surface area contributed by atoms with Gasteiger partial charge in [0, 0.05) is 88.0 Å². The Morgan fingerprint density at radius 1 is 0.636 bits per heavy atom. The molecule has 6 aromatic heterocycles. The molecule has 0 amide bonds. The molecule has 2 aromatic carbocycles. The zero-order valence-electron chi connectivity index (χ0n) is 44.7. The lowest BCUT2D eigenvalue weighted by Crippen LogP contribution is -2.51. The lowest BCUT2D eigenvalue weighted by molar-refractivity contribution is 0.221. The molecule has 0 saturated carbocycles. The number of anilines is 2. The molecule has 77 heavy (non-hydrogen) atoms. The van der Waals surface area contributed by atoms with Gasteiger partial charge in [0.25, 0.3) is 0 Å². The van der Waals surface area contributed by atoms with Crippen molar-refractivity contribution in [2.45, 2.75) is 123 Å². The minimum Gasteiger partial charge on any atom is -0.384 e. The van der Waals surface area contributed by atoms with Gasteiger partial charge in [0.15, 0.2) is 19.9 Å². The second-order valence-corrected chi connectivity index (χ2v) is 29.7. The van der Waals surface area contributed by atoms with Crippen molar-refractivity contribution >= 4 is 61.7 Å². The summed E-state index contributed by atoms with van der Waals surface area (Å²) in [5.74, 6) is -3.57. The first kappa shape index (κ1) is 58.2. The van der Waals surface area contributed by atoms with Gasteiger partial charge in [-0.15, -0.1) is 0 Å². The predicted octanol–water partition coefficient (Wildman–Crippen LogP) is 12.5. The third kappa shape index (κ3) is 13.3. The van der Waals surface area contributed by atoms with Gasteiger partial charge in [-0.1, -0.05) is 67.5 Å². The summed E-state index contributed by atoms with van der Waals surface area (Å²) in [6, 6.07) is 19.4. The normalized spacial score (nSPS) is 12.7. The van der Waals surface area contributed by atoms with Crippen LogP contribution in [-0.2, 0) is 52.2 Å². The summed E-state index contributed by atoms with van der Waals surface area (Å²) in [5.41, 5.74) is 6.94. The summed E-state index contributed by atoms with van der Waals surface area (Å²) < 4.78 is 114. The molecular formula is C57H68F4N8O5S2Si. The van der Waals surface area contributed by atoms with E-state index in [1.54, 1.807) is 50.8 Å². The lowest BCUT2D eigenvalue weighted by Gasteiger charge is -2.44. The van der Waals surface area contributed by atoms with Gasteiger partial charge in [-0.3, -0.25) is 19.4 Å². The lowest BCUT2D eigenvalue weighted by atomic mass is 10.0. The van der Waals surface area contributed by atoms with Crippen LogP contribution in [0, 0.1) is 23.3 Å². The molecule has 410 valence electrons. The van der Waals surface area contributed by atoms with E-state index in [1.807, 2.05) is 42.6 Å². The van der Waals surface area contributed by atoms with Crippen molar-refractivity contribution in [3.8, 4) is 0 Å². The molecule has 8 rings (SSSR count). The van der Waals surface area contributed by atoms with E-state index in [2.05, 4.69) is 81.4 Å². The highest BCUT2D eigenvalue weighted by molar-refractivity contribution is 7.92. The van der Waals surface area contributed by atoms with E-state index in [4.69, 9.17) is 4.98 Å². The number of aryl methyl sites for hydroxylation is 2. The van der Waals surface area contributed by atoms with Gasteiger partial charge in [0.1, 0.15) is 29.0 Å². The zero-order chi connectivity index (χ0) is 55.8. The molecule has 0 aliphatic carbocycles. The Labute approximate surface area is 450 Å². The van der Waals surface area contributed by atoms with Crippen molar-refractivity contribution in [2.24, 2.45) is 0 Å².